The molecule has 0 aromatic heterocycles. The molecule has 0 spiro atoms. The highest BCUT2D eigenvalue weighted by atomic mass is 16.5. The average molecular weight is 370 g/mol. The fourth-order valence-corrected chi connectivity index (χ4v) is 2.74. The molecule has 0 fully saturated rings. The van der Waals surface area contributed by atoms with Gasteiger partial charge in [-0.2, -0.15) is 0 Å². The molecule has 6 nitrogen and oxygen atoms in total. The zero-order chi connectivity index (χ0) is 19.8. The number of fused-ring (bicyclic) bond motifs is 1. The number of hydrogen-bond donors (Lipinski definition) is 1. The minimum Gasteiger partial charge on any atom is -0.466 e. The van der Waals surface area contributed by atoms with E-state index in [1.54, 1.807) is 49.4 Å². The van der Waals surface area contributed by atoms with Crippen molar-refractivity contribution in [3.63, 3.8) is 0 Å². The van der Waals surface area contributed by atoms with Crippen molar-refractivity contribution in [1.29, 1.82) is 0 Å². The minimum atomic E-state index is -1.13. The van der Waals surface area contributed by atoms with Crippen LogP contribution in [0.4, 0.5) is 0 Å². The number of rotatable bonds is 6. The fourth-order valence-electron chi connectivity index (χ4n) is 2.74. The normalized spacial score (nSPS) is 14.7. The number of aldehydes is 1. The minimum absolute atomic E-state index is 0.0412. The Morgan fingerprint density at radius 2 is 1.96 bits per heavy atom. The summed E-state index contributed by atoms with van der Waals surface area (Å²) in [6.07, 6.45) is 0.239. The molecule has 0 aliphatic carbocycles. The van der Waals surface area contributed by atoms with Crippen LogP contribution in [-0.2, 0) is 14.2 Å². The fraction of sp³-hybridized carbons (Fsp3) is 0.300. The molecule has 2 aromatic carbocycles. The molecule has 0 amide bonds. The standard InChI is InChI=1S/C18H17BO6.C2H6/c1-2-23-18(21)10-17-15-7-6-14(9-16(15)19(22)25-17)24-13-5-3-4-12(8-13)11-20;1-2/h3-9,11,17,22H,2,10H2,1H3;1-2H3. The molecule has 1 aliphatic heterocycles. The summed E-state index contributed by atoms with van der Waals surface area (Å²) in [6, 6.07) is 11.9. The lowest BCUT2D eigenvalue weighted by Crippen LogP contribution is -2.28. The quantitative estimate of drug-likeness (QED) is 0.478. The van der Waals surface area contributed by atoms with Gasteiger partial charge < -0.3 is 19.2 Å². The van der Waals surface area contributed by atoms with Crippen molar-refractivity contribution in [2.45, 2.75) is 33.3 Å². The van der Waals surface area contributed by atoms with Gasteiger partial charge in [-0.3, -0.25) is 9.59 Å². The molecule has 142 valence electrons. The van der Waals surface area contributed by atoms with Gasteiger partial charge in [0.15, 0.2) is 0 Å². The lowest BCUT2D eigenvalue weighted by molar-refractivity contribution is -0.145. The summed E-state index contributed by atoms with van der Waals surface area (Å²) < 4.78 is 16.1. The summed E-state index contributed by atoms with van der Waals surface area (Å²) in [5, 5.41) is 10.1. The van der Waals surface area contributed by atoms with E-state index < -0.39 is 13.2 Å². The zero-order valence-corrected chi connectivity index (χ0v) is 15.7. The first-order valence-corrected chi connectivity index (χ1v) is 8.96. The van der Waals surface area contributed by atoms with Crippen LogP contribution in [0.15, 0.2) is 42.5 Å². The predicted octanol–water partition coefficient (Wildman–Crippen LogP) is 3.03. The summed E-state index contributed by atoms with van der Waals surface area (Å²) in [5.41, 5.74) is 1.80. The Morgan fingerprint density at radius 3 is 2.67 bits per heavy atom. The van der Waals surface area contributed by atoms with E-state index >= 15 is 0 Å². The van der Waals surface area contributed by atoms with Crippen molar-refractivity contribution in [3.8, 4) is 11.5 Å². The number of benzene rings is 2. The second kappa shape index (κ2) is 9.90. The van der Waals surface area contributed by atoms with Crippen LogP contribution < -0.4 is 10.2 Å². The van der Waals surface area contributed by atoms with Crippen molar-refractivity contribution in [1.82, 2.24) is 0 Å². The number of hydrogen-bond acceptors (Lipinski definition) is 6. The lowest BCUT2D eigenvalue weighted by Gasteiger charge is -2.12. The molecule has 0 radical (unpaired) electrons. The maximum Gasteiger partial charge on any atom is 0.492 e. The lowest BCUT2D eigenvalue weighted by atomic mass is 9.79. The zero-order valence-electron chi connectivity index (χ0n) is 15.7. The molecule has 27 heavy (non-hydrogen) atoms. The van der Waals surface area contributed by atoms with Gasteiger partial charge in [-0.15, -0.1) is 0 Å². The first-order valence-electron chi connectivity index (χ1n) is 8.96. The topological polar surface area (TPSA) is 82.1 Å². The Bertz CT molecular complexity index is 792. The summed E-state index contributed by atoms with van der Waals surface area (Å²) in [4.78, 5) is 22.5. The molecule has 3 rings (SSSR count). The molecule has 1 unspecified atom stereocenters. The molecule has 7 heteroatoms. The van der Waals surface area contributed by atoms with E-state index in [4.69, 9.17) is 14.1 Å². The molecule has 1 atom stereocenters. The summed E-state index contributed by atoms with van der Waals surface area (Å²) in [5.74, 6) is 0.640. The Morgan fingerprint density at radius 1 is 1.22 bits per heavy atom. The third kappa shape index (κ3) is 5.18. The third-order valence-electron chi connectivity index (χ3n) is 3.85. The highest BCUT2D eigenvalue weighted by Gasteiger charge is 2.36. The number of ether oxygens (including phenoxy) is 2. The van der Waals surface area contributed by atoms with Gasteiger partial charge in [0.25, 0.3) is 0 Å². The first kappa shape index (κ1) is 20.7. The van der Waals surface area contributed by atoms with E-state index in [9.17, 15) is 14.6 Å². The van der Waals surface area contributed by atoms with Crippen molar-refractivity contribution >= 4 is 24.8 Å². The second-order valence-corrected chi connectivity index (χ2v) is 5.57. The average Bonchev–Trinajstić information content (AvgIpc) is 2.98. The Balaban J connectivity index is 0.00000126. The van der Waals surface area contributed by atoms with Crippen LogP contribution in [0.1, 0.15) is 49.2 Å². The molecular weight excluding hydrogens is 347 g/mol. The SMILES string of the molecule is CC.CCOC(=O)CC1OB(O)c2cc(Oc3cccc(C=O)c3)ccc21. The summed E-state index contributed by atoms with van der Waals surface area (Å²) in [7, 11) is -1.13. The Kier molecular flexibility index (Phi) is 7.58. The van der Waals surface area contributed by atoms with Crippen LogP contribution in [0.3, 0.4) is 0 Å². The van der Waals surface area contributed by atoms with Crippen LogP contribution >= 0.6 is 0 Å². The molecule has 2 aromatic rings. The van der Waals surface area contributed by atoms with E-state index in [0.717, 1.165) is 11.8 Å². The van der Waals surface area contributed by atoms with E-state index in [0.29, 0.717) is 29.1 Å². The maximum absolute atomic E-state index is 11.6. The molecule has 1 heterocycles. The van der Waals surface area contributed by atoms with Gasteiger partial charge in [-0.1, -0.05) is 32.0 Å². The molecule has 0 saturated heterocycles. The van der Waals surface area contributed by atoms with E-state index in [-0.39, 0.29) is 12.4 Å². The van der Waals surface area contributed by atoms with Gasteiger partial charge in [0, 0.05) is 5.56 Å². The number of esters is 1. The van der Waals surface area contributed by atoms with Crippen molar-refractivity contribution < 1.29 is 28.7 Å². The second-order valence-electron chi connectivity index (χ2n) is 5.57. The Labute approximate surface area is 159 Å². The smallest absolute Gasteiger partial charge is 0.466 e. The van der Waals surface area contributed by atoms with Gasteiger partial charge in [0.1, 0.15) is 17.8 Å². The van der Waals surface area contributed by atoms with Gasteiger partial charge >= 0.3 is 13.1 Å². The van der Waals surface area contributed by atoms with Gasteiger partial charge in [0.2, 0.25) is 0 Å². The summed E-state index contributed by atoms with van der Waals surface area (Å²) >= 11 is 0. The van der Waals surface area contributed by atoms with Gasteiger partial charge in [-0.05, 0) is 42.2 Å². The predicted molar refractivity (Wildman–Crippen MR) is 102 cm³/mol. The van der Waals surface area contributed by atoms with E-state index in [2.05, 4.69) is 0 Å². The van der Waals surface area contributed by atoms with E-state index in [1.807, 2.05) is 13.8 Å². The van der Waals surface area contributed by atoms with Crippen LogP contribution in [0, 0.1) is 0 Å². The molecule has 0 bridgehead atoms. The third-order valence-corrected chi connectivity index (χ3v) is 3.85. The van der Waals surface area contributed by atoms with Crippen LogP contribution in [0.25, 0.3) is 0 Å². The maximum atomic E-state index is 11.6. The van der Waals surface area contributed by atoms with Crippen LogP contribution in [0.2, 0.25) is 0 Å². The first-order chi connectivity index (χ1) is 13.1. The molecule has 0 saturated carbocycles. The van der Waals surface area contributed by atoms with Crippen molar-refractivity contribution in [2.24, 2.45) is 0 Å². The summed E-state index contributed by atoms with van der Waals surface area (Å²) in [6.45, 7) is 6.03. The Hall–Kier alpha value is -2.64. The van der Waals surface area contributed by atoms with Crippen molar-refractivity contribution in [2.75, 3.05) is 6.61 Å². The molecule has 1 aliphatic rings. The van der Waals surface area contributed by atoms with Crippen LogP contribution in [-0.4, -0.2) is 31.0 Å². The van der Waals surface area contributed by atoms with Gasteiger partial charge in [0.05, 0.1) is 19.1 Å². The van der Waals surface area contributed by atoms with Crippen LogP contribution in [0.5, 0.6) is 11.5 Å². The highest BCUT2D eigenvalue weighted by molar-refractivity contribution is 6.61. The largest absolute Gasteiger partial charge is 0.492 e. The van der Waals surface area contributed by atoms with Crippen molar-refractivity contribution in [3.05, 3.63) is 53.6 Å². The highest BCUT2D eigenvalue weighted by Crippen LogP contribution is 2.30. The number of carbonyl (C=O) groups is 2. The molecular formula is C20H23BO6. The van der Waals surface area contributed by atoms with E-state index in [1.165, 1.54) is 0 Å². The van der Waals surface area contributed by atoms with Gasteiger partial charge in [-0.25, -0.2) is 0 Å². The molecule has 1 N–H and O–H groups in total. The monoisotopic (exact) mass is 370 g/mol. The number of carbonyl (C=O) groups excluding carboxylic acids is 2.